The summed E-state index contributed by atoms with van der Waals surface area (Å²) >= 11 is 0. The zero-order chi connectivity index (χ0) is 23.3. The molecule has 2 aromatic carbocycles. The lowest BCUT2D eigenvalue weighted by molar-refractivity contribution is -0.125. The Balaban J connectivity index is 2.09. The summed E-state index contributed by atoms with van der Waals surface area (Å²) in [6.07, 6.45) is 1.27. The van der Waals surface area contributed by atoms with Crippen LogP contribution in [0.15, 0.2) is 60.2 Å². The first-order valence-electron chi connectivity index (χ1n) is 10.0. The van der Waals surface area contributed by atoms with Crippen LogP contribution in [0.4, 0.5) is 10.5 Å². The number of aliphatic hydroxyl groups excluding tert-OH is 1. The number of carbonyl (C=O) groups is 2. The SMILES string of the molecule is COc1ccc(NC(=O)O[C@H](CC/C=C(\C)C(=O)NO)c2ccc(OCCO)cc2)cc1. The van der Waals surface area contributed by atoms with E-state index in [1.807, 2.05) is 0 Å². The predicted molar refractivity (Wildman–Crippen MR) is 118 cm³/mol. The fourth-order valence-corrected chi connectivity index (χ4v) is 2.82. The average molecular weight is 444 g/mol. The molecule has 0 aliphatic carbocycles. The van der Waals surface area contributed by atoms with Crippen LogP contribution < -0.4 is 20.3 Å². The van der Waals surface area contributed by atoms with Gasteiger partial charge in [0.2, 0.25) is 0 Å². The first-order valence-corrected chi connectivity index (χ1v) is 10.0. The van der Waals surface area contributed by atoms with E-state index in [2.05, 4.69) is 5.32 Å². The van der Waals surface area contributed by atoms with Gasteiger partial charge in [0.15, 0.2) is 0 Å². The van der Waals surface area contributed by atoms with Crippen molar-refractivity contribution in [2.75, 3.05) is 25.6 Å². The summed E-state index contributed by atoms with van der Waals surface area (Å²) in [6, 6.07) is 13.8. The van der Waals surface area contributed by atoms with Crippen LogP contribution in [0.1, 0.15) is 31.4 Å². The van der Waals surface area contributed by atoms with Crippen LogP contribution in [0.2, 0.25) is 0 Å². The molecule has 1 atom stereocenters. The van der Waals surface area contributed by atoms with Gasteiger partial charge in [-0.05, 0) is 61.7 Å². The Hall–Kier alpha value is -3.56. The lowest BCUT2D eigenvalue weighted by Crippen LogP contribution is -2.19. The number of anilines is 1. The third kappa shape index (κ3) is 7.93. The van der Waals surface area contributed by atoms with Gasteiger partial charge in [-0.25, -0.2) is 10.3 Å². The minimum absolute atomic E-state index is 0.0911. The van der Waals surface area contributed by atoms with Crippen molar-refractivity contribution >= 4 is 17.7 Å². The lowest BCUT2D eigenvalue weighted by Gasteiger charge is -2.19. The van der Waals surface area contributed by atoms with Crippen molar-refractivity contribution < 1.29 is 34.1 Å². The van der Waals surface area contributed by atoms with Gasteiger partial charge in [-0.2, -0.15) is 0 Å². The van der Waals surface area contributed by atoms with Crippen LogP contribution in [0.5, 0.6) is 11.5 Å². The summed E-state index contributed by atoms with van der Waals surface area (Å²) in [7, 11) is 1.56. The molecule has 0 aliphatic rings. The molecule has 0 spiro atoms. The average Bonchev–Trinajstić information content (AvgIpc) is 2.82. The second-order valence-corrected chi connectivity index (χ2v) is 6.79. The lowest BCUT2D eigenvalue weighted by atomic mass is 10.0. The first-order chi connectivity index (χ1) is 15.5. The van der Waals surface area contributed by atoms with Crippen LogP contribution in [-0.2, 0) is 9.53 Å². The van der Waals surface area contributed by atoms with E-state index >= 15 is 0 Å². The number of hydroxylamine groups is 1. The fraction of sp³-hybridized carbons (Fsp3) is 0.304. The first kappa shape index (κ1) is 24.7. The quantitative estimate of drug-likeness (QED) is 0.237. The molecule has 0 radical (unpaired) electrons. The van der Waals surface area contributed by atoms with E-state index < -0.39 is 18.1 Å². The highest BCUT2D eigenvalue weighted by atomic mass is 16.6. The molecule has 0 aromatic heterocycles. The van der Waals surface area contributed by atoms with Gasteiger partial charge in [0.25, 0.3) is 5.91 Å². The van der Waals surface area contributed by atoms with Gasteiger partial charge >= 0.3 is 6.09 Å². The highest BCUT2D eigenvalue weighted by molar-refractivity contribution is 5.91. The second kappa shape index (κ2) is 13.0. The third-order valence-electron chi connectivity index (χ3n) is 4.54. The molecule has 9 heteroatoms. The number of amides is 2. The maximum absolute atomic E-state index is 12.5. The highest BCUT2D eigenvalue weighted by Gasteiger charge is 2.17. The zero-order valence-electron chi connectivity index (χ0n) is 18.0. The van der Waals surface area contributed by atoms with E-state index in [4.69, 9.17) is 24.5 Å². The maximum atomic E-state index is 12.5. The topological polar surface area (TPSA) is 126 Å². The van der Waals surface area contributed by atoms with Crippen LogP contribution >= 0.6 is 0 Å². The molecule has 2 amide bonds. The summed E-state index contributed by atoms with van der Waals surface area (Å²) in [5.41, 5.74) is 3.22. The summed E-state index contributed by atoms with van der Waals surface area (Å²) in [5.74, 6) is 0.657. The smallest absolute Gasteiger partial charge is 0.412 e. The van der Waals surface area contributed by atoms with E-state index in [0.29, 0.717) is 35.6 Å². The van der Waals surface area contributed by atoms with E-state index in [0.717, 1.165) is 5.56 Å². The number of benzene rings is 2. The summed E-state index contributed by atoms with van der Waals surface area (Å²) in [6.45, 7) is 1.66. The third-order valence-corrected chi connectivity index (χ3v) is 4.54. The minimum atomic E-state index is -0.630. The molecule has 32 heavy (non-hydrogen) atoms. The summed E-state index contributed by atoms with van der Waals surface area (Å²) in [5, 5.41) is 20.3. The van der Waals surface area contributed by atoms with Crippen molar-refractivity contribution in [1.29, 1.82) is 0 Å². The number of carbonyl (C=O) groups excluding carboxylic acids is 2. The minimum Gasteiger partial charge on any atom is -0.497 e. The molecule has 2 aromatic rings. The van der Waals surface area contributed by atoms with E-state index in [-0.39, 0.29) is 13.2 Å². The molecular formula is C23H28N2O7. The molecule has 0 saturated carbocycles. The Morgan fingerprint density at radius 3 is 2.31 bits per heavy atom. The predicted octanol–water partition coefficient (Wildman–Crippen LogP) is 3.59. The van der Waals surface area contributed by atoms with Crippen LogP contribution in [-0.4, -0.2) is 42.6 Å². The van der Waals surface area contributed by atoms with Crippen LogP contribution in [0.25, 0.3) is 0 Å². The van der Waals surface area contributed by atoms with Crippen molar-refractivity contribution in [3.8, 4) is 11.5 Å². The molecule has 0 saturated heterocycles. The Morgan fingerprint density at radius 2 is 1.72 bits per heavy atom. The van der Waals surface area contributed by atoms with E-state index in [1.54, 1.807) is 74.1 Å². The largest absolute Gasteiger partial charge is 0.497 e. The van der Waals surface area contributed by atoms with Gasteiger partial charge in [0, 0.05) is 11.3 Å². The van der Waals surface area contributed by atoms with Crippen molar-refractivity contribution in [1.82, 2.24) is 5.48 Å². The number of nitrogens with one attached hydrogen (secondary N) is 2. The number of hydrogen-bond acceptors (Lipinski definition) is 7. The molecule has 2 rings (SSSR count). The van der Waals surface area contributed by atoms with Crippen molar-refractivity contribution in [3.05, 3.63) is 65.7 Å². The van der Waals surface area contributed by atoms with E-state index in [1.165, 1.54) is 0 Å². The Bertz CT molecular complexity index is 896. The fourth-order valence-electron chi connectivity index (χ4n) is 2.82. The Morgan fingerprint density at radius 1 is 1.06 bits per heavy atom. The Labute approximate surface area is 186 Å². The van der Waals surface area contributed by atoms with E-state index in [9.17, 15) is 9.59 Å². The van der Waals surface area contributed by atoms with Gasteiger partial charge in [-0.15, -0.1) is 0 Å². The molecule has 4 N–H and O–H groups in total. The summed E-state index contributed by atoms with van der Waals surface area (Å²) < 4.78 is 16.1. The number of hydrogen-bond donors (Lipinski definition) is 4. The highest BCUT2D eigenvalue weighted by Crippen LogP contribution is 2.26. The zero-order valence-corrected chi connectivity index (χ0v) is 18.0. The molecule has 0 heterocycles. The van der Waals surface area contributed by atoms with Gasteiger partial charge in [0.05, 0.1) is 13.7 Å². The number of allylic oxidation sites excluding steroid dienone is 1. The number of rotatable bonds is 11. The monoisotopic (exact) mass is 444 g/mol. The van der Waals surface area contributed by atoms with Gasteiger partial charge in [0.1, 0.15) is 24.2 Å². The molecule has 0 fully saturated rings. The molecule has 172 valence electrons. The Kier molecular flexibility index (Phi) is 10.0. The number of aliphatic hydroxyl groups is 1. The normalized spacial score (nSPS) is 11.9. The molecule has 9 nitrogen and oxygen atoms in total. The molecule has 0 unspecified atom stereocenters. The van der Waals surface area contributed by atoms with Crippen LogP contribution in [0.3, 0.4) is 0 Å². The number of methoxy groups -OCH3 is 1. The van der Waals surface area contributed by atoms with Crippen molar-refractivity contribution in [2.24, 2.45) is 0 Å². The van der Waals surface area contributed by atoms with Crippen molar-refractivity contribution in [3.63, 3.8) is 0 Å². The molecule has 0 aliphatic heterocycles. The van der Waals surface area contributed by atoms with Gasteiger partial charge in [-0.3, -0.25) is 15.3 Å². The summed E-state index contributed by atoms with van der Waals surface area (Å²) in [4.78, 5) is 23.9. The molecule has 0 bridgehead atoms. The second-order valence-electron chi connectivity index (χ2n) is 6.79. The standard InChI is InChI=1S/C23H28N2O7/c1-16(22(27)25-29)4-3-5-21(17-6-10-20(11-7-17)31-15-14-26)32-23(28)24-18-8-12-19(30-2)13-9-18/h4,6-13,21,26,29H,3,5,14-15H2,1-2H3,(H,24,28)(H,25,27)/b16-4+/t21-/m1/s1. The van der Waals surface area contributed by atoms with Crippen LogP contribution in [0, 0.1) is 0 Å². The molecular weight excluding hydrogens is 416 g/mol. The van der Waals surface area contributed by atoms with Gasteiger partial charge in [-0.1, -0.05) is 18.2 Å². The number of ether oxygens (including phenoxy) is 3. The van der Waals surface area contributed by atoms with Crippen molar-refractivity contribution in [2.45, 2.75) is 25.9 Å². The van der Waals surface area contributed by atoms with Gasteiger partial charge < -0.3 is 19.3 Å². The maximum Gasteiger partial charge on any atom is 0.412 e.